The molecule has 0 aliphatic carbocycles. The fourth-order valence-electron chi connectivity index (χ4n) is 2.66. The summed E-state index contributed by atoms with van der Waals surface area (Å²) in [5, 5.41) is 0.913. The van der Waals surface area contributed by atoms with Gasteiger partial charge in [-0.2, -0.15) is 0 Å². The number of para-hydroxylation sites is 3. The highest BCUT2D eigenvalue weighted by molar-refractivity contribution is 5.86. The third kappa shape index (κ3) is 3.30. The average molecular weight is 343 g/mol. The first-order chi connectivity index (χ1) is 12.8. The molecule has 4 rings (SSSR count). The molecular formula is C22H17NO3. The lowest BCUT2D eigenvalue weighted by Gasteiger charge is -2.14. The van der Waals surface area contributed by atoms with E-state index in [0.29, 0.717) is 23.1 Å². The number of pyridine rings is 1. The van der Waals surface area contributed by atoms with Gasteiger partial charge in [0.05, 0.1) is 7.11 Å². The van der Waals surface area contributed by atoms with E-state index in [-0.39, 0.29) is 0 Å². The molecule has 4 heteroatoms. The van der Waals surface area contributed by atoms with Crippen molar-refractivity contribution in [2.24, 2.45) is 0 Å². The van der Waals surface area contributed by atoms with Gasteiger partial charge < -0.3 is 14.2 Å². The molecule has 0 saturated carbocycles. The number of fused-ring (bicyclic) bond motifs is 1. The Balaban J connectivity index is 1.83. The first kappa shape index (κ1) is 16.0. The average Bonchev–Trinajstić information content (AvgIpc) is 2.69. The summed E-state index contributed by atoms with van der Waals surface area (Å²) < 4.78 is 17.5. The number of aromatic nitrogens is 1. The van der Waals surface area contributed by atoms with Crippen LogP contribution in [0.2, 0.25) is 0 Å². The molecule has 0 aliphatic rings. The van der Waals surface area contributed by atoms with Crippen LogP contribution in [0.3, 0.4) is 0 Å². The molecule has 4 nitrogen and oxygen atoms in total. The minimum Gasteiger partial charge on any atom is -0.494 e. The molecule has 0 spiro atoms. The fourth-order valence-corrected chi connectivity index (χ4v) is 2.66. The third-order valence-corrected chi connectivity index (χ3v) is 3.89. The van der Waals surface area contributed by atoms with E-state index in [0.717, 1.165) is 16.7 Å². The van der Waals surface area contributed by atoms with E-state index in [1.54, 1.807) is 7.11 Å². The van der Waals surface area contributed by atoms with Gasteiger partial charge >= 0.3 is 0 Å². The number of hydrogen-bond acceptors (Lipinski definition) is 4. The summed E-state index contributed by atoms with van der Waals surface area (Å²) in [6.45, 7) is 0. The zero-order chi connectivity index (χ0) is 17.8. The molecule has 3 aromatic carbocycles. The van der Waals surface area contributed by atoms with Crippen LogP contribution in [0, 0.1) is 0 Å². The smallest absolute Gasteiger partial charge is 0.263 e. The van der Waals surface area contributed by atoms with Crippen LogP contribution < -0.4 is 14.2 Å². The summed E-state index contributed by atoms with van der Waals surface area (Å²) in [7, 11) is 1.63. The van der Waals surface area contributed by atoms with E-state index in [2.05, 4.69) is 4.98 Å². The Hall–Kier alpha value is -3.53. The molecule has 128 valence electrons. The van der Waals surface area contributed by atoms with E-state index in [1.807, 2.05) is 84.9 Å². The van der Waals surface area contributed by atoms with Crippen molar-refractivity contribution in [2.75, 3.05) is 7.11 Å². The zero-order valence-corrected chi connectivity index (χ0v) is 14.3. The third-order valence-electron chi connectivity index (χ3n) is 3.89. The molecule has 0 radical (unpaired) electrons. The molecule has 0 atom stereocenters. The Labute approximate surface area is 151 Å². The van der Waals surface area contributed by atoms with Crippen LogP contribution in [0.5, 0.6) is 28.9 Å². The van der Waals surface area contributed by atoms with Crippen LogP contribution in [0.25, 0.3) is 10.9 Å². The zero-order valence-electron chi connectivity index (χ0n) is 14.3. The van der Waals surface area contributed by atoms with Crippen LogP contribution in [-0.2, 0) is 0 Å². The summed E-state index contributed by atoms with van der Waals surface area (Å²) in [4.78, 5) is 4.67. The van der Waals surface area contributed by atoms with Crippen molar-refractivity contribution in [3.8, 4) is 28.9 Å². The molecule has 1 heterocycles. The molecule has 0 amide bonds. The van der Waals surface area contributed by atoms with Crippen LogP contribution in [-0.4, -0.2) is 12.1 Å². The quantitative estimate of drug-likeness (QED) is 0.457. The summed E-state index contributed by atoms with van der Waals surface area (Å²) >= 11 is 0. The van der Waals surface area contributed by atoms with Crippen molar-refractivity contribution >= 4 is 10.9 Å². The Kier molecular flexibility index (Phi) is 4.39. The van der Waals surface area contributed by atoms with Crippen molar-refractivity contribution in [3.63, 3.8) is 0 Å². The van der Waals surface area contributed by atoms with Crippen LogP contribution in [0.1, 0.15) is 0 Å². The summed E-state index contributed by atoms with van der Waals surface area (Å²) in [5.41, 5.74) is 0.723. The normalized spacial score (nSPS) is 10.5. The van der Waals surface area contributed by atoms with Gasteiger partial charge in [0.25, 0.3) is 5.88 Å². The molecule has 0 aliphatic heterocycles. The van der Waals surface area contributed by atoms with E-state index in [4.69, 9.17) is 14.2 Å². The molecular weight excluding hydrogens is 326 g/mol. The Bertz CT molecular complexity index is 1020. The van der Waals surface area contributed by atoms with Gasteiger partial charge in [-0.1, -0.05) is 48.5 Å². The van der Waals surface area contributed by atoms with Crippen LogP contribution in [0.15, 0.2) is 84.9 Å². The molecule has 0 saturated heterocycles. The van der Waals surface area contributed by atoms with Crippen molar-refractivity contribution < 1.29 is 14.2 Å². The molecule has 0 N–H and O–H groups in total. The van der Waals surface area contributed by atoms with E-state index >= 15 is 0 Å². The fraction of sp³-hybridized carbons (Fsp3) is 0.0455. The van der Waals surface area contributed by atoms with Crippen molar-refractivity contribution in [1.82, 2.24) is 4.98 Å². The van der Waals surface area contributed by atoms with Crippen molar-refractivity contribution in [1.29, 1.82) is 0 Å². The predicted molar refractivity (Wildman–Crippen MR) is 101 cm³/mol. The van der Waals surface area contributed by atoms with Gasteiger partial charge in [0.1, 0.15) is 22.8 Å². The minimum absolute atomic E-state index is 0.386. The summed E-state index contributed by atoms with van der Waals surface area (Å²) in [5.74, 6) is 3.02. The van der Waals surface area contributed by atoms with Gasteiger partial charge in [-0.05, 0) is 36.4 Å². The number of nitrogens with zero attached hydrogens (tertiary/aromatic N) is 1. The number of rotatable bonds is 5. The Morgan fingerprint density at radius 3 is 1.96 bits per heavy atom. The highest BCUT2D eigenvalue weighted by atomic mass is 16.5. The molecule has 1 aromatic heterocycles. The largest absolute Gasteiger partial charge is 0.494 e. The first-order valence-electron chi connectivity index (χ1n) is 8.27. The van der Waals surface area contributed by atoms with E-state index in [9.17, 15) is 0 Å². The lowest BCUT2D eigenvalue weighted by atomic mass is 10.2. The van der Waals surface area contributed by atoms with Crippen LogP contribution in [0.4, 0.5) is 0 Å². The maximum Gasteiger partial charge on any atom is 0.263 e. The molecule has 26 heavy (non-hydrogen) atoms. The van der Waals surface area contributed by atoms with Gasteiger partial charge in [-0.15, -0.1) is 0 Å². The van der Waals surface area contributed by atoms with Gasteiger partial charge in [0, 0.05) is 5.39 Å². The SMILES string of the molecule is COc1cccc2cc(Oc3ccccc3)c(Oc3ccccc3)nc12. The standard InChI is InChI=1S/C22H17NO3/c1-24-19-14-8-9-16-15-20(25-17-10-4-2-5-11-17)22(23-21(16)19)26-18-12-6-3-7-13-18/h2-15H,1H3. The number of hydrogen-bond donors (Lipinski definition) is 0. The first-order valence-corrected chi connectivity index (χ1v) is 8.27. The number of ether oxygens (including phenoxy) is 3. The monoisotopic (exact) mass is 343 g/mol. The maximum atomic E-state index is 6.04. The Morgan fingerprint density at radius 2 is 1.31 bits per heavy atom. The highest BCUT2D eigenvalue weighted by Crippen LogP contribution is 2.37. The van der Waals surface area contributed by atoms with E-state index < -0.39 is 0 Å². The summed E-state index contributed by atoms with van der Waals surface area (Å²) in [6.07, 6.45) is 0. The van der Waals surface area contributed by atoms with Gasteiger partial charge in [-0.3, -0.25) is 0 Å². The second-order valence-corrected chi connectivity index (χ2v) is 5.65. The van der Waals surface area contributed by atoms with Gasteiger partial charge in [0.15, 0.2) is 5.75 Å². The Morgan fingerprint density at radius 1 is 0.654 bits per heavy atom. The molecule has 0 unspecified atom stereocenters. The molecule has 0 fully saturated rings. The number of methoxy groups -OCH3 is 1. The number of benzene rings is 3. The van der Waals surface area contributed by atoms with Gasteiger partial charge in [-0.25, -0.2) is 4.98 Å². The molecule has 4 aromatic rings. The second kappa shape index (κ2) is 7.15. The lowest BCUT2D eigenvalue weighted by Crippen LogP contribution is -1.96. The van der Waals surface area contributed by atoms with Gasteiger partial charge in [0.2, 0.25) is 0 Å². The van der Waals surface area contributed by atoms with Crippen molar-refractivity contribution in [3.05, 3.63) is 84.9 Å². The maximum absolute atomic E-state index is 6.04. The van der Waals surface area contributed by atoms with Crippen LogP contribution >= 0.6 is 0 Å². The summed E-state index contributed by atoms with van der Waals surface area (Å²) in [6, 6.07) is 26.8. The highest BCUT2D eigenvalue weighted by Gasteiger charge is 2.14. The topological polar surface area (TPSA) is 40.6 Å². The molecule has 0 bridgehead atoms. The lowest BCUT2D eigenvalue weighted by molar-refractivity contribution is 0.403. The minimum atomic E-state index is 0.386. The second-order valence-electron chi connectivity index (χ2n) is 5.65. The van der Waals surface area contributed by atoms with E-state index in [1.165, 1.54) is 0 Å². The van der Waals surface area contributed by atoms with Crippen molar-refractivity contribution in [2.45, 2.75) is 0 Å². The predicted octanol–water partition coefficient (Wildman–Crippen LogP) is 5.83.